The van der Waals surface area contributed by atoms with Crippen LogP contribution in [-0.2, 0) is 11.3 Å². The normalized spacial score (nSPS) is 18.0. The minimum Gasteiger partial charge on any atom is -0.444 e. The highest BCUT2D eigenvalue weighted by molar-refractivity contribution is 6.68. The average molecular weight is 516 g/mol. The number of hydrogen-bond donors (Lipinski definition) is 3. The molecule has 2 aliphatic heterocycles. The number of hydrogen-bond acceptors (Lipinski definition) is 8. The fourth-order valence-corrected chi connectivity index (χ4v) is 4.28. The molecule has 196 valence electrons. The highest BCUT2D eigenvalue weighted by Crippen LogP contribution is 2.22. The van der Waals surface area contributed by atoms with E-state index in [1.165, 1.54) is 6.21 Å². The Morgan fingerprint density at radius 3 is 2.67 bits per heavy atom. The molecule has 2 aliphatic rings. The van der Waals surface area contributed by atoms with E-state index in [4.69, 9.17) is 21.7 Å². The molecule has 3 heterocycles. The van der Waals surface area contributed by atoms with Crippen molar-refractivity contribution in [1.82, 2.24) is 20.5 Å². The van der Waals surface area contributed by atoms with Crippen molar-refractivity contribution in [3.63, 3.8) is 0 Å². The zero-order valence-electron chi connectivity index (χ0n) is 21.9. The van der Waals surface area contributed by atoms with Crippen LogP contribution < -0.4 is 15.5 Å². The van der Waals surface area contributed by atoms with Crippen LogP contribution in [0.4, 0.5) is 10.6 Å². The number of anilines is 1. The standard InChI is InChI=1S/C26H38ClN7O2/c1-6-20(14-28)24-31-21(27)13-22(32-24)29-15-19-7-8-23(30-16-19)33(5)17-18-9-11-34(12-10-18)25(35)36-26(2,3)4/h7-8,13-14,16,18,28-29,32H,6,9-12,15,17H2,1-5H3/b24-20-,28-14?. The number of ether oxygens (including phenoxy) is 1. The molecular formula is C26H38ClN7O2. The third-order valence-corrected chi connectivity index (χ3v) is 6.27. The molecule has 0 unspecified atom stereocenters. The molecule has 0 radical (unpaired) electrons. The highest BCUT2D eigenvalue weighted by atomic mass is 35.5. The molecule has 1 fully saturated rings. The quantitative estimate of drug-likeness (QED) is 0.437. The van der Waals surface area contributed by atoms with Gasteiger partial charge in [0.05, 0.1) is 0 Å². The first kappa shape index (κ1) is 27.5. The molecule has 9 nitrogen and oxygen atoms in total. The fraction of sp³-hybridized carbons (Fsp3) is 0.538. The van der Waals surface area contributed by atoms with Gasteiger partial charge in [-0.05, 0) is 57.6 Å². The van der Waals surface area contributed by atoms with Crippen LogP contribution in [0, 0.1) is 11.3 Å². The van der Waals surface area contributed by atoms with Gasteiger partial charge in [0.2, 0.25) is 0 Å². The van der Waals surface area contributed by atoms with E-state index in [0.717, 1.165) is 55.3 Å². The number of likely N-dealkylation sites (tertiary alicyclic amines) is 1. The Hall–Kier alpha value is -3.07. The van der Waals surface area contributed by atoms with E-state index in [-0.39, 0.29) is 6.09 Å². The van der Waals surface area contributed by atoms with Crippen LogP contribution in [0.25, 0.3) is 0 Å². The molecule has 1 aromatic heterocycles. The Bertz CT molecular complexity index is 1020. The van der Waals surface area contributed by atoms with Crippen molar-refractivity contribution in [3.8, 4) is 0 Å². The number of carbonyl (C=O) groups is 1. The van der Waals surface area contributed by atoms with Crippen LogP contribution in [0.1, 0.15) is 52.5 Å². The first-order valence-electron chi connectivity index (χ1n) is 12.4. The zero-order valence-corrected chi connectivity index (χ0v) is 22.7. The van der Waals surface area contributed by atoms with Crippen molar-refractivity contribution < 1.29 is 9.53 Å². The minimum atomic E-state index is -0.466. The predicted octanol–water partition coefficient (Wildman–Crippen LogP) is 4.61. The molecule has 0 spiro atoms. The third kappa shape index (κ3) is 7.98. The van der Waals surface area contributed by atoms with Crippen molar-refractivity contribution in [2.45, 2.75) is 59.1 Å². The van der Waals surface area contributed by atoms with E-state index in [2.05, 4.69) is 38.6 Å². The fourth-order valence-electron chi connectivity index (χ4n) is 4.08. The molecule has 10 heteroatoms. The van der Waals surface area contributed by atoms with Gasteiger partial charge in [0.1, 0.15) is 28.2 Å². The number of pyridine rings is 1. The first-order chi connectivity index (χ1) is 17.1. The Labute approximate surface area is 219 Å². The van der Waals surface area contributed by atoms with E-state index in [9.17, 15) is 4.79 Å². The number of amides is 1. The summed E-state index contributed by atoms with van der Waals surface area (Å²) in [6.45, 7) is 10.6. The highest BCUT2D eigenvalue weighted by Gasteiger charge is 2.27. The lowest BCUT2D eigenvalue weighted by atomic mass is 9.96. The SMILES string of the molecule is CC/C(C=N)=C1\N=C(Cl)C=C(NCc2ccc(N(C)CC3CCN(C(=O)OC(C)(C)C)CC3)nc2)N1. The smallest absolute Gasteiger partial charge is 0.410 e. The average Bonchev–Trinajstić information content (AvgIpc) is 2.83. The van der Waals surface area contributed by atoms with E-state index >= 15 is 0 Å². The monoisotopic (exact) mass is 515 g/mol. The second-order valence-corrected chi connectivity index (χ2v) is 10.5. The van der Waals surface area contributed by atoms with Gasteiger partial charge in [-0.1, -0.05) is 24.6 Å². The van der Waals surface area contributed by atoms with Crippen molar-refractivity contribution in [3.05, 3.63) is 47.2 Å². The molecule has 1 amide bonds. The van der Waals surface area contributed by atoms with Crippen LogP contribution in [0.15, 0.2) is 46.6 Å². The summed E-state index contributed by atoms with van der Waals surface area (Å²) in [5.41, 5.74) is 1.35. The Morgan fingerprint density at radius 2 is 2.08 bits per heavy atom. The molecular weight excluding hydrogens is 478 g/mol. The minimum absolute atomic E-state index is 0.221. The summed E-state index contributed by atoms with van der Waals surface area (Å²) >= 11 is 6.17. The lowest BCUT2D eigenvalue weighted by Gasteiger charge is -2.35. The molecule has 0 saturated carbocycles. The summed E-state index contributed by atoms with van der Waals surface area (Å²) in [6, 6.07) is 4.08. The number of nitrogens with zero attached hydrogens (tertiary/aromatic N) is 4. The van der Waals surface area contributed by atoms with Gasteiger partial charge in [-0.25, -0.2) is 14.8 Å². The maximum atomic E-state index is 12.3. The molecule has 1 aromatic rings. The summed E-state index contributed by atoms with van der Waals surface area (Å²) in [4.78, 5) is 25.2. The predicted molar refractivity (Wildman–Crippen MR) is 145 cm³/mol. The summed E-state index contributed by atoms with van der Waals surface area (Å²) in [5, 5.41) is 14.4. The maximum Gasteiger partial charge on any atom is 0.410 e. The van der Waals surface area contributed by atoms with Crippen molar-refractivity contribution in [1.29, 1.82) is 5.41 Å². The summed E-state index contributed by atoms with van der Waals surface area (Å²) in [5.74, 6) is 2.75. The van der Waals surface area contributed by atoms with Crippen molar-refractivity contribution in [2.75, 3.05) is 31.6 Å². The molecule has 0 aliphatic carbocycles. The van der Waals surface area contributed by atoms with Gasteiger partial charge < -0.3 is 30.6 Å². The maximum absolute atomic E-state index is 12.3. The van der Waals surface area contributed by atoms with Crippen molar-refractivity contribution in [2.24, 2.45) is 10.9 Å². The van der Waals surface area contributed by atoms with E-state index in [1.807, 2.05) is 44.9 Å². The van der Waals surface area contributed by atoms with Crippen LogP contribution in [0.5, 0.6) is 0 Å². The largest absolute Gasteiger partial charge is 0.444 e. The summed E-state index contributed by atoms with van der Waals surface area (Å²) in [6.07, 6.45) is 7.26. The summed E-state index contributed by atoms with van der Waals surface area (Å²) in [7, 11) is 2.06. The third-order valence-electron chi connectivity index (χ3n) is 6.08. The van der Waals surface area contributed by atoms with Gasteiger partial charge >= 0.3 is 6.09 Å². The molecule has 0 atom stereocenters. The first-order valence-corrected chi connectivity index (χ1v) is 12.8. The number of piperidine rings is 1. The van der Waals surface area contributed by atoms with Gasteiger partial charge in [-0.2, -0.15) is 0 Å². The number of nitrogens with one attached hydrogen (secondary N) is 3. The van der Waals surface area contributed by atoms with Crippen LogP contribution in [0.2, 0.25) is 0 Å². The molecule has 0 aromatic carbocycles. The topological polar surface area (TPSA) is 106 Å². The van der Waals surface area contributed by atoms with Crippen LogP contribution >= 0.6 is 11.6 Å². The van der Waals surface area contributed by atoms with Gasteiger partial charge in [0, 0.05) is 57.3 Å². The molecule has 0 bridgehead atoms. The van der Waals surface area contributed by atoms with Gasteiger partial charge in [-0.3, -0.25) is 0 Å². The number of aromatic nitrogens is 1. The number of carbonyl (C=O) groups excluding carboxylic acids is 1. The van der Waals surface area contributed by atoms with Crippen LogP contribution in [0.3, 0.4) is 0 Å². The van der Waals surface area contributed by atoms with Gasteiger partial charge in [0.25, 0.3) is 0 Å². The summed E-state index contributed by atoms with van der Waals surface area (Å²) < 4.78 is 5.49. The second-order valence-electron chi connectivity index (χ2n) is 10.2. The number of aliphatic imine (C=N–C) groups is 1. The molecule has 3 N–H and O–H groups in total. The lowest BCUT2D eigenvalue weighted by molar-refractivity contribution is 0.0186. The lowest BCUT2D eigenvalue weighted by Crippen LogP contribution is -2.43. The van der Waals surface area contributed by atoms with Gasteiger partial charge in [0.15, 0.2) is 0 Å². The van der Waals surface area contributed by atoms with Crippen LogP contribution in [-0.4, -0.2) is 59.6 Å². The number of rotatable bonds is 8. The molecule has 1 saturated heterocycles. The second kappa shape index (κ2) is 12.3. The number of halogens is 1. The van der Waals surface area contributed by atoms with Crippen molar-refractivity contribution >= 4 is 34.9 Å². The molecule has 3 rings (SSSR count). The van der Waals surface area contributed by atoms with E-state index < -0.39 is 5.60 Å². The molecule has 36 heavy (non-hydrogen) atoms. The Balaban J connectivity index is 1.47. The Morgan fingerprint density at radius 1 is 1.36 bits per heavy atom. The number of allylic oxidation sites excluding steroid dienone is 2. The Kier molecular flexibility index (Phi) is 9.37. The van der Waals surface area contributed by atoms with Gasteiger partial charge in [-0.15, -0.1) is 0 Å². The zero-order chi connectivity index (χ0) is 26.3. The van der Waals surface area contributed by atoms with E-state index in [0.29, 0.717) is 29.9 Å². The van der Waals surface area contributed by atoms with E-state index in [1.54, 1.807) is 6.08 Å².